The van der Waals surface area contributed by atoms with Gasteiger partial charge in [0.15, 0.2) is 0 Å². The maximum absolute atomic E-state index is 4.57. The molecule has 0 N–H and O–H groups in total. The molecule has 0 rings (SSSR count). The van der Waals surface area contributed by atoms with Gasteiger partial charge in [0.25, 0.3) is 0 Å². The Kier molecular flexibility index (Phi) is 4.05. The highest BCUT2D eigenvalue weighted by Crippen LogP contribution is 1.80. The van der Waals surface area contributed by atoms with Crippen molar-refractivity contribution < 1.29 is 4.84 Å². The molecule has 0 saturated carbocycles. The van der Waals surface area contributed by atoms with Gasteiger partial charge in [-0.25, -0.2) is 0 Å². The van der Waals surface area contributed by atoms with Crippen molar-refractivity contribution in [3.63, 3.8) is 0 Å². The molecule has 0 radical (unpaired) electrons. The lowest BCUT2D eigenvalue weighted by atomic mass is 10.4. The number of rotatable bonds is 3. The molecule has 0 atom stereocenters. The van der Waals surface area contributed by atoms with Crippen LogP contribution in [-0.2, 0) is 4.84 Å². The van der Waals surface area contributed by atoms with Crippen LogP contribution >= 0.6 is 0 Å². The van der Waals surface area contributed by atoms with Crippen molar-refractivity contribution in [2.24, 2.45) is 5.16 Å². The molecule has 0 spiro atoms. The molecule has 0 amide bonds. The summed E-state index contributed by atoms with van der Waals surface area (Å²) in [7, 11) is 5.54. The van der Waals surface area contributed by atoms with Crippen molar-refractivity contribution in [2.45, 2.75) is 6.92 Å². The van der Waals surface area contributed by atoms with Crippen molar-refractivity contribution in [1.29, 1.82) is 0 Å². The molecular formula is C6H14N2O. The summed E-state index contributed by atoms with van der Waals surface area (Å²) in [4.78, 5) is 6.61. The SMILES string of the molecule is CO/N=C(/C)CN(C)C. The molecule has 0 aliphatic carbocycles. The average Bonchev–Trinajstić information content (AvgIpc) is 1.63. The number of hydrogen-bond donors (Lipinski definition) is 0. The summed E-state index contributed by atoms with van der Waals surface area (Å²) >= 11 is 0. The predicted octanol–water partition coefficient (Wildman–Crippen LogP) is 0.570. The minimum atomic E-state index is 0.855. The maximum atomic E-state index is 4.57. The quantitative estimate of drug-likeness (QED) is 0.412. The van der Waals surface area contributed by atoms with Crippen LogP contribution in [-0.4, -0.2) is 38.4 Å². The van der Waals surface area contributed by atoms with Crippen LogP contribution in [0.15, 0.2) is 5.16 Å². The number of oxime groups is 1. The second-order valence-electron chi connectivity index (χ2n) is 2.25. The fraction of sp³-hybridized carbons (Fsp3) is 0.833. The second kappa shape index (κ2) is 4.32. The number of nitrogens with zero attached hydrogens (tertiary/aromatic N) is 2. The van der Waals surface area contributed by atoms with Crippen LogP contribution in [0.2, 0.25) is 0 Å². The third-order valence-corrected chi connectivity index (χ3v) is 0.792. The van der Waals surface area contributed by atoms with Gasteiger partial charge >= 0.3 is 0 Å². The monoisotopic (exact) mass is 130 g/mol. The zero-order valence-electron chi connectivity index (χ0n) is 6.51. The molecule has 0 bridgehead atoms. The summed E-state index contributed by atoms with van der Waals surface area (Å²) in [6.45, 7) is 2.79. The minimum absolute atomic E-state index is 0.855. The van der Waals surface area contributed by atoms with E-state index in [1.54, 1.807) is 7.11 Å². The summed E-state index contributed by atoms with van der Waals surface area (Å²) in [6.07, 6.45) is 0. The molecule has 3 nitrogen and oxygen atoms in total. The first-order valence-electron chi connectivity index (χ1n) is 2.88. The third-order valence-electron chi connectivity index (χ3n) is 0.792. The van der Waals surface area contributed by atoms with E-state index in [1.807, 2.05) is 25.9 Å². The molecular weight excluding hydrogens is 116 g/mol. The van der Waals surface area contributed by atoms with Crippen LogP contribution < -0.4 is 0 Å². The van der Waals surface area contributed by atoms with E-state index in [0.717, 1.165) is 12.3 Å². The van der Waals surface area contributed by atoms with Crippen molar-refractivity contribution >= 4 is 5.71 Å². The van der Waals surface area contributed by atoms with Gasteiger partial charge in [0, 0.05) is 6.54 Å². The maximum Gasteiger partial charge on any atom is 0.106 e. The molecule has 0 heterocycles. The highest BCUT2D eigenvalue weighted by molar-refractivity contribution is 5.83. The van der Waals surface area contributed by atoms with E-state index in [9.17, 15) is 0 Å². The number of hydrogen-bond acceptors (Lipinski definition) is 3. The van der Waals surface area contributed by atoms with Crippen LogP contribution in [0.1, 0.15) is 6.92 Å². The normalized spacial score (nSPS) is 12.3. The predicted molar refractivity (Wildman–Crippen MR) is 38.7 cm³/mol. The van der Waals surface area contributed by atoms with E-state index in [1.165, 1.54) is 0 Å². The first kappa shape index (κ1) is 8.43. The molecule has 9 heavy (non-hydrogen) atoms. The average molecular weight is 130 g/mol. The molecule has 0 aliphatic heterocycles. The second-order valence-corrected chi connectivity index (χ2v) is 2.25. The Labute approximate surface area is 56.3 Å². The Hall–Kier alpha value is -0.570. The lowest BCUT2D eigenvalue weighted by Crippen LogP contribution is -2.19. The largest absolute Gasteiger partial charge is 0.399 e. The van der Waals surface area contributed by atoms with Crippen molar-refractivity contribution in [1.82, 2.24) is 4.90 Å². The summed E-state index contributed by atoms with van der Waals surface area (Å²) in [6, 6.07) is 0. The summed E-state index contributed by atoms with van der Waals surface area (Å²) in [5, 5.41) is 3.74. The highest BCUT2D eigenvalue weighted by atomic mass is 16.6. The molecule has 0 aromatic heterocycles. The van der Waals surface area contributed by atoms with Gasteiger partial charge in [-0.05, 0) is 21.0 Å². The van der Waals surface area contributed by atoms with E-state index in [4.69, 9.17) is 0 Å². The minimum Gasteiger partial charge on any atom is -0.399 e. The van der Waals surface area contributed by atoms with Gasteiger partial charge in [-0.1, -0.05) is 5.16 Å². The van der Waals surface area contributed by atoms with Crippen LogP contribution in [0.3, 0.4) is 0 Å². The van der Waals surface area contributed by atoms with Crippen molar-refractivity contribution in [3.05, 3.63) is 0 Å². The van der Waals surface area contributed by atoms with Gasteiger partial charge in [-0.15, -0.1) is 0 Å². The van der Waals surface area contributed by atoms with Gasteiger partial charge in [-0.2, -0.15) is 0 Å². The Morgan fingerprint density at radius 3 is 2.44 bits per heavy atom. The third kappa shape index (κ3) is 5.30. The molecule has 0 saturated heterocycles. The standard InChI is InChI=1S/C6H14N2O/c1-6(7-9-4)5-8(2)3/h5H2,1-4H3/b7-6-. The fourth-order valence-electron chi connectivity index (χ4n) is 0.642. The molecule has 3 heteroatoms. The Bertz CT molecular complexity index is 99.2. The smallest absolute Gasteiger partial charge is 0.106 e. The Morgan fingerprint density at radius 1 is 1.56 bits per heavy atom. The fourth-order valence-corrected chi connectivity index (χ4v) is 0.642. The Balaban J connectivity index is 3.49. The highest BCUT2D eigenvalue weighted by Gasteiger charge is 1.92. The lowest BCUT2D eigenvalue weighted by Gasteiger charge is -2.06. The van der Waals surface area contributed by atoms with Crippen LogP contribution in [0, 0.1) is 0 Å². The molecule has 0 fully saturated rings. The van der Waals surface area contributed by atoms with E-state index in [-0.39, 0.29) is 0 Å². The summed E-state index contributed by atoms with van der Waals surface area (Å²) in [5.74, 6) is 0. The lowest BCUT2D eigenvalue weighted by molar-refractivity contribution is 0.211. The van der Waals surface area contributed by atoms with Gasteiger partial charge in [-0.3, -0.25) is 0 Å². The van der Waals surface area contributed by atoms with Crippen molar-refractivity contribution in [3.8, 4) is 0 Å². The Morgan fingerprint density at radius 2 is 2.11 bits per heavy atom. The van der Waals surface area contributed by atoms with Crippen LogP contribution in [0.25, 0.3) is 0 Å². The zero-order valence-corrected chi connectivity index (χ0v) is 6.51. The van der Waals surface area contributed by atoms with Gasteiger partial charge in [0.1, 0.15) is 7.11 Å². The van der Waals surface area contributed by atoms with E-state index in [0.29, 0.717) is 0 Å². The van der Waals surface area contributed by atoms with Crippen molar-refractivity contribution in [2.75, 3.05) is 27.7 Å². The first-order valence-corrected chi connectivity index (χ1v) is 2.88. The van der Waals surface area contributed by atoms with Gasteiger partial charge < -0.3 is 9.74 Å². The molecule has 0 aromatic carbocycles. The molecule has 54 valence electrons. The van der Waals surface area contributed by atoms with Crippen LogP contribution in [0.4, 0.5) is 0 Å². The van der Waals surface area contributed by atoms with Crippen LogP contribution in [0.5, 0.6) is 0 Å². The van der Waals surface area contributed by atoms with Gasteiger partial charge in [0.2, 0.25) is 0 Å². The molecule has 0 aromatic rings. The zero-order chi connectivity index (χ0) is 7.28. The summed E-state index contributed by atoms with van der Waals surface area (Å²) < 4.78 is 0. The van der Waals surface area contributed by atoms with E-state index < -0.39 is 0 Å². The topological polar surface area (TPSA) is 24.8 Å². The molecule has 0 unspecified atom stereocenters. The summed E-state index contributed by atoms with van der Waals surface area (Å²) in [5.41, 5.74) is 0.988. The first-order chi connectivity index (χ1) is 4.16. The van der Waals surface area contributed by atoms with E-state index >= 15 is 0 Å². The molecule has 0 aliphatic rings. The van der Waals surface area contributed by atoms with E-state index in [2.05, 4.69) is 9.99 Å². The van der Waals surface area contributed by atoms with Gasteiger partial charge in [0.05, 0.1) is 5.71 Å².